The second kappa shape index (κ2) is 10.3. The molecule has 0 rings (SSSR count). The molecule has 0 aromatic heterocycles. The molecule has 0 N–H and O–H groups in total. The monoisotopic (exact) mass is 179 g/mol. The van der Waals surface area contributed by atoms with E-state index in [-0.39, 0.29) is 24.8 Å². The molecular weight excluding hydrogens is 175 g/mol. The van der Waals surface area contributed by atoms with Crippen molar-refractivity contribution in [3.05, 3.63) is 4.85 Å². The lowest BCUT2D eigenvalue weighted by atomic mass is 10.8. The maximum Gasteiger partial charge on any atom is 0.373 e. The zero-order valence-corrected chi connectivity index (χ0v) is 6.18. The van der Waals surface area contributed by atoms with Crippen LogP contribution in [0.3, 0.4) is 0 Å². The second-order valence-electron chi connectivity index (χ2n) is 0.738. The van der Waals surface area contributed by atoms with E-state index in [9.17, 15) is 4.39 Å². The van der Waals surface area contributed by atoms with Gasteiger partial charge in [0.15, 0.2) is 6.67 Å². The fourth-order valence-electron chi connectivity index (χ4n) is 0.0398. The first-order valence-electron chi connectivity index (χ1n) is 1.41. The van der Waals surface area contributed by atoms with Gasteiger partial charge in [-0.1, -0.05) is 4.85 Å². The first-order chi connectivity index (χ1) is 2.81. The summed E-state index contributed by atoms with van der Waals surface area (Å²) in [5.41, 5.74) is -0.856. The minimum Gasteiger partial charge on any atom is -1.00 e. The van der Waals surface area contributed by atoms with E-state index in [2.05, 4.69) is 11.4 Å². The maximum absolute atomic E-state index is 11.1. The summed E-state index contributed by atoms with van der Waals surface area (Å²) >= 11 is 4.98. The molecule has 0 aromatic carbocycles. The average Bonchev–Trinajstić information content (AvgIpc) is 1.65. The number of hydrogen-bond acceptors (Lipinski definition) is 0. The van der Waals surface area contributed by atoms with Crippen molar-refractivity contribution >= 4 is 24.0 Å². The smallest absolute Gasteiger partial charge is 0.373 e. The molecule has 50 valence electrons. The number of nitrogens with zero attached hydrogens (tertiary/aromatic N) is 1. The van der Waals surface area contributed by atoms with Gasteiger partial charge in [0.2, 0.25) is 0 Å². The lowest BCUT2D eigenvalue weighted by Gasteiger charge is -1.71. The zero-order chi connectivity index (χ0) is 4.99. The van der Waals surface area contributed by atoms with Gasteiger partial charge in [-0.25, -0.2) is 4.39 Å². The topological polar surface area (TPSA) is 4.36 Å². The third-order valence-corrected chi connectivity index (χ3v) is 0.518. The molecule has 0 aromatic rings. The Morgan fingerprint density at radius 1 is 1.75 bits per heavy atom. The molecule has 0 aliphatic carbocycles. The van der Waals surface area contributed by atoms with Crippen LogP contribution in [-0.4, -0.2) is 12.2 Å². The third-order valence-electron chi connectivity index (χ3n) is 0.289. The molecule has 0 heterocycles. The molecule has 0 saturated carbocycles. The summed E-state index contributed by atoms with van der Waals surface area (Å²) in [6.07, 6.45) is 0. The Hall–Kier alpha value is 0.290. The van der Waals surface area contributed by atoms with Crippen molar-refractivity contribution in [2.45, 2.75) is 5.50 Å². The number of halogens is 4. The Balaban J connectivity index is -0.000000125. The van der Waals surface area contributed by atoms with Gasteiger partial charge < -0.3 is 12.4 Å². The van der Waals surface area contributed by atoms with E-state index >= 15 is 0 Å². The molecule has 1 nitrogen and oxygen atoms in total. The van der Waals surface area contributed by atoms with E-state index in [1.165, 1.54) is 0 Å². The molecule has 0 radical (unpaired) electrons. The van der Waals surface area contributed by atoms with Crippen LogP contribution in [0.1, 0.15) is 0 Å². The normalized spacial score (nSPS) is 9.62. The summed E-state index contributed by atoms with van der Waals surface area (Å²) in [4.78, 5) is 2.90. The fourth-order valence-corrected chi connectivity index (χ4v) is 0.0398. The number of alkyl halides is 2. The highest BCUT2D eigenvalue weighted by Gasteiger charge is 2.06. The van der Waals surface area contributed by atoms with Crippen LogP contribution in [0.5, 0.6) is 0 Å². The van der Waals surface area contributed by atoms with Gasteiger partial charge in [0.05, 0.1) is 0 Å². The van der Waals surface area contributed by atoms with E-state index < -0.39 is 12.2 Å². The summed E-state index contributed by atoms with van der Waals surface area (Å²) < 4.78 is 11.1. The van der Waals surface area contributed by atoms with Crippen molar-refractivity contribution in [1.82, 2.24) is 0 Å². The van der Waals surface area contributed by atoms with Gasteiger partial charge in [-0.05, 0) is 11.6 Å². The molecule has 0 aliphatic heterocycles. The van der Waals surface area contributed by atoms with Gasteiger partial charge in [-0.15, -0.1) is 12.4 Å². The Kier molecular flexibility index (Phi) is 20.3. The number of rotatable bonds is 1. The van der Waals surface area contributed by atoms with E-state index in [4.69, 9.17) is 11.6 Å². The highest BCUT2D eigenvalue weighted by Crippen LogP contribution is 1.94. The molecule has 0 bridgehead atoms. The Bertz CT molecular complexity index is 71.4. The van der Waals surface area contributed by atoms with E-state index in [1.54, 1.807) is 0 Å². The van der Waals surface area contributed by atoms with Crippen molar-refractivity contribution in [1.29, 1.82) is 0 Å². The van der Waals surface area contributed by atoms with Crippen LogP contribution in [-0.2, 0) is 0 Å². The van der Waals surface area contributed by atoms with Crippen molar-refractivity contribution in [2.75, 3.05) is 6.67 Å². The zero-order valence-electron chi connectivity index (χ0n) is 3.85. The molecule has 1 unspecified atom stereocenters. The van der Waals surface area contributed by atoms with E-state index in [0.717, 1.165) is 0 Å². The molecule has 0 fully saturated rings. The van der Waals surface area contributed by atoms with Crippen LogP contribution < -0.4 is 12.4 Å². The Labute approximate surface area is 64.8 Å². The van der Waals surface area contributed by atoms with Crippen LogP contribution in [0, 0.1) is 6.57 Å². The minimum absolute atomic E-state index is 0. The molecule has 0 aliphatic rings. The van der Waals surface area contributed by atoms with E-state index in [1.807, 2.05) is 0 Å². The summed E-state index contributed by atoms with van der Waals surface area (Å²) in [6.45, 7) is 3.84. The second-order valence-corrected chi connectivity index (χ2v) is 1.24. The van der Waals surface area contributed by atoms with Crippen LogP contribution >= 0.6 is 24.0 Å². The molecule has 5 heteroatoms. The largest absolute Gasteiger partial charge is 1.00 e. The highest BCUT2D eigenvalue weighted by atomic mass is 35.5. The molecule has 0 saturated heterocycles. The summed E-state index contributed by atoms with van der Waals surface area (Å²) in [5.74, 6) is 0. The predicted molar refractivity (Wildman–Crippen MR) is 31.2 cm³/mol. The van der Waals surface area contributed by atoms with Crippen LogP contribution in [0.4, 0.5) is 4.39 Å². The number of hydrogen-bond donors (Lipinski definition) is 0. The van der Waals surface area contributed by atoms with Crippen LogP contribution in [0.25, 0.3) is 4.85 Å². The maximum atomic E-state index is 11.1. The summed E-state index contributed by atoms with van der Waals surface area (Å²) in [5, 5.41) is 0. The Morgan fingerprint density at radius 2 is 2.12 bits per heavy atom. The quantitative estimate of drug-likeness (QED) is 0.357. The standard InChI is InChI=1S/C3H4ClFN.2ClH/c1-6-3(4)2-5;;/h1,3H,2H2;2*1H/q+1;;/p-1. The third kappa shape index (κ3) is 9.56. The van der Waals surface area contributed by atoms with Gasteiger partial charge in [0, 0.05) is 0 Å². The lowest BCUT2D eigenvalue weighted by Crippen LogP contribution is -3.00. The summed E-state index contributed by atoms with van der Waals surface area (Å²) in [7, 11) is 0. The van der Waals surface area contributed by atoms with Gasteiger partial charge in [-0.3, -0.25) is 0 Å². The van der Waals surface area contributed by atoms with Crippen LogP contribution in [0.15, 0.2) is 0 Å². The molecular formula is C3H5Cl3FN. The fraction of sp³-hybridized carbons (Fsp3) is 0.667. The van der Waals surface area contributed by atoms with E-state index in [0.29, 0.717) is 0 Å². The van der Waals surface area contributed by atoms with Crippen molar-refractivity contribution in [2.24, 2.45) is 0 Å². The van der Waals surface area contributed by atoms with Gasteiger partial charge in [0.25, 0.3) is 6.57 Å². The van der Waals surface area contributed by atoms with Crippen molar-refractivity contribution in [3.63, 3.8) is 0 Å². The SMILES string of the molecule is C#[N+]C(Cl)CF.Cl.[Cl-]. The average molecular weight is 180 g/mol. The van der Waals surface area contributed by atoms with Gasteiger partial charge in [0.1, 0.15) is 0 Å². The van der Waals surface area contributed by atoms with Gasteiger partial charge in [-0.2, -0.15) is 0 Å². The first kappa shape index (κ1) is 15.7. The predicted octanol–water partition coefficient (Wildman–Crippen LogP) is -1.09. The molecule has 1 atom stereocenters. The minimum atomic E-state index is -0.856. The van der Waals surface area contributed by atoms with Crippen molar-refractivity contribution in [3.8, 4) is 6.57 Å². The highest BCUT2D eigenvalue weighted by molar-refractivity contribution is 6.21. The molecule has 0 spiro atoms. The van der Waals surface area contributed by atoms with Crippen LogP contribution in [0.2, 0.25) is 0 Å². The Morgan fingerprint density at radius 3 is 2.12 bits per heavy atom. The molecule has 8 heavy (non-hydrogen) atoms. The molecule has 0 amide bonds. The summed E-state index contributed by atoms with van der Waals surface area (Å²) in [6, 6.07) is 0. The van der Waals surface area contributed by atoms with Gasteiger partial charge >= 0.3 is 5.50 Å². The lowest BCUT2D eigenvalue weighted by molar-refractivity contribution is -0.00000188. The van der Waals surface area contributed by atoms with Crippen molar-refractivity contribution < 1.29 is 16.8 Å². The first-order valence-corrected chi connectivity index (χ1v) is 1.85.